The highest BCUT2D eigenvalue weighted by molar-refractivity contribution is 6.04. The van der Waals surface area contributed by atoms with Gasteiger partial charge in [0.25, 0.3) is 5.69 Å². The number of hydrogen-bond donors (Lipinski definition) is 1. The van der Waals surface area contributed by atoms with Crippen LogP contribution in [0.25, 0.3) is 0 Å². The molecule has 0 bridgehead atoms. The number of carbonyl (C=O) groups excluding carboxylic acids is 2. The number of nitrogens with zero attached hydrogens (tertiary/aromatic N) is 1. The number of dihydropyridines is 1. The van der Waals surface area contributed by atoms with Crippen LogP contribution in [-0.2, 0) is 19.1 Å². The fourth-order valence-electron chi connectivity index (χ4n) is 6.05. The van der Waals surface area contributed by atoms with Crippen LogP contribution in [0.15, 0.2) is 58.9 Å². The van der Waals surface area contributed by atoms with Crippen LogP contribution in [0.1, 0.15) is 61.1 Å². The third-order valence-electron chi connectivity index (χ3n) is 8.11. The summed E-state index contributed by atoms with van der Waals surface area (Å²) in [5.41, 5.74) is 3.67. The number of aryl methyl sites for hydroxylation is 1. The van der Waals surface area contributed by atoms with Gasteiger partial charge in [-0.05, 0) is 56.9 Å². The Hall–Kier alpha value is -4.18. The smallest absolute Gasteiger partial charge is 0.336 e. The Balaban J connectivity index is 1.56. The molecular formula is C31H34N2O8. The molecule has 2 aromatic rings. The Morgan fingerprint density at radius 1 is 1.12 bits per heavy atom. The highest BCUT2D eigenvalue weighted by Crippen LogP contribution is 2.48. The number of hydrogen-bond acceptors (Lipinski definition) is 9. The molecule has 216 valence electrons. The number of ketones is 1. The molecule has 3 atom stereocenters. The highest BCUT2D eigenvalue weighted by Gasteiger charge is 2.42. The molecule has 2 aromatic carbocycles. The second-order valence-corrected chi connectivity index (χ2v) is 10.7. The second-order valence-electron chi connectivity index (χ2n) is 10.7. The third kappa shape index (κ3) is 5.56. The number of ether oxygens (including phenoxy) is 4. The van der Waals surface area contributed by atoms with Gasteiger partial charge in [0.1, 0.15) is 18.1 Å². The lowest BCUT2D eigenvalue weighted by Gasteiger charge is -2.37. The first kappa shape index (κ1) is 28.4. The summed E-state index contributed by atoms with van der Waals surface area (Å²) < 4.78 is 22.3. The number of nitro groups is 1. The van der Waals surface area contributed by atoms with E-state index >= 15 is 0 Å². The summed E-state index contributed by atoms with van der Waals surface area (Å²) in [6, 6.07) is 10.4. The molecular weight excluding hydrogens is 528 g/mol. The monoisotopic (exact) mass is 562 g/mol. The quantitative estimate of drug-likeness (QED) is 0.269. The standard InChI is InChI=1S/C31H34N2O8/c1-17-7-8-19(13-25(17)33(36)37)29-28(31(35)41-16-22-6-5-11-40-22)18(2)32-24-12-20(14-26(34)30(24)29)23-15-21(38-3)9-10-27(23)39-4/h7-10,13,15,20,22,29,32H,5-6,11-12,14,16H2,1-4H3. The molecule has 1 aliphatic carbocycles. The minimum absolute atomic E-state index is 0.0739. The van der Waals surface area contributed by atoms with Gasteiger partial charge in [0.05, 0.1) is 30.8 Å². The van der Waals surface area contributed by atoms with E-state index in [0.717, 1.165) is 18.4 Å². The molecule has 1 N–H and O–H groups in total. The molecule has 2 heterocycles. The summed E-state index contributed by atoms with van der Waals surface area (Å²) in [5, 5.41) is 15.1. The Morgan fingerprint density at radius 3 is 2.61 bits per heavy atom. The van der Waals surface area contributed by atoms with Gasteiger partial charge in [0, 0.05) is 59.0 Å². The van der Waals surface area contributed by atoms with Crippen molar-refractivity contribution in [2.75, 3.05) is 27.4 Å². The lowest BCUT2D eigenvalue weighted by atomic mass is 9.71. The molecule has 3 unspecified atom stereocenters. The third-order valence-corrected chi connectivity index (χ3v) is 8.11. The largest absolute Gasteiger partial charge is 0.497 e. The SMILES string of the molecule is COc1ccc(OC)c(C2CC(=O)C3=C(C2)NC(C)=C(C(=O)OCC2CCCO2)C3c2ccc(C)c([N+](=O)[O-])c2)c1. The maximum Gasteiger partial charge on any atom is 0.336 e. The molecule has 0 saturated carbocycles. The van der Waals surface area contributed by atoms with E-state index in [1.807, 2.05) is 12.1 Å². The van der Waals surface area contributed by atoms with Crippen molar-refractivity contribution in [1.29, 1.82) is 0 Å². The van der Waals surface area contributed by atoms with Crippen molar-refractivity contribution in [3.05, 3.63) is 85.7 Å². The lowest BCUT2D eigenvalue weighted by Crippen LogP contribution is -2.36. The summed E-state index contributed by atoms with van der Waals surface area (Å²) in [4.78, 5) is 38.9. The number of nitro benzene ring substituents is 1. The predicted molar refractivity (Wildman–Crippen MR) is 150 cm³/mol. The van der Waals surface area contributed by atoms with Crippen LogP contribution in [0.2, 0.25) is 0 Å². The summed E-state index contributed by atoms with van der Waals surface area (Å²) >= 11 is 0. The number of Topliss-reactive ketones (excluding diaryl/α,β-unsaturated/α-hetero) is 1. The van der Waals surface area contributed by atoms with E-state index in [1.54, 1.807) is 46.3 Å². The van der Waals surface area contributed by atoms with Crippen molar-refractivity contribution in [3.63, 3.8) is 0 Å². The second kappa shape index (κ2) is 11.7. The maximum atomic E-state index is 14.0. The zero-order valence-corrected chi connectivity index (χ0v) is 23.7. The van der Waals surface area contributed by atoms with Gasteiger partial charge in [0.2, 0.25) is 0 Å². The number of rotatable bonds is 8. The predicted octanol–water partition coefficient (Wildman–Crippen LogP) is 5.00. The summed E-state index contributed by atoms with van der Waals surface area (Å²) in [7, 11) is 3.17. The van der Waals surface area contributed by atoms with Gasteiger partial charge in [-0.2, -0.15) is 0 Å². The van der Waals surface area contributed by atoms with Gasteiger partial charge in [-0.25, -0.2) is 4.79 Å². The summed E-state index contributed by atoms with van der Waals surface area (Å²) in [6.07, 6.45) is 2.20. The van der Waals surface area contributed by atoms with Crippen LogP contribution < -0.4 is 14.8 Å². The van der Waals surface area contributed by atoms with E-state index in [9.17, 15) is 19.7 Å². The normalized spacial score (nSPS) is 22.2. The Morgan fingerprint density at radius 2 is 1.93 bits per heavy atom. The van der Waals surface area contributed by atoms with Crippen molar-refractivity contribution < 1.29 is 33.5 Å². The van der Waals surface area contributed by atoms with Crippen LogP contribution in [0.5, 0.6) is 11.5 Å². The average Bonchev–Trinajstić information content (AvgIpc) is 3.48. The van der Waals surface area contributed by atoms with Gasteiger partial charge in [-0.3, -0.25) is 14.9 Å². The summed E-state index contributed by atoms with van der Waals surface area (Å²) in [6.45, 7) is 4.16. The zero-order valence-electron chi connectivity index (χ0n) is 23.7. The van der Waals surface area contributed by atoms with E-state index in [-0.39, 0.29) is 42.1 Å². The first-order valence-electron chi connectivity index (χ1n) is 13.7. The molecule has 1 fully saturated rings. The van der Waals surface area contributed by atoms with Crippen molar-refractivity contribution in [1.82, 2.24) is 5.32 Å². The first-order valence-corrected chi connectivity index (χ1v) is 13.7. The van der Waals surface area contributed by atoms with Crippen LogP contribution in [-0.4, -0.2) is 50.2 Å². The van der Waals surface area contributed by atoms with Gasteiger partial charge in [-0.1, -0.05) is 12.1 Å². The van der Waals surface area contributed by atoms with Gasteiger partial charge < -0.3 is 24.3 Å². The van der Waals surface area contributed by atoms with Crippen molar-refractivity contribution in [2.24, 2.45) is 0 Å². The van der Waals surface area contributed by atoms with Gasteiger partial charge in [-0.15, -0.1) is 0 Å². The minimum Gasteiger partial charge on any atom is -0.497 e. The number of methoxy groups -OCH3 is 2. The number of carbonyl (C=O) groups is 2. The molecule has 2 aliphatic heterocycles. The fraction of sp³-hybridized carbons (Fsp3) is 0.419. The fourth-order valence-corrected chi connectivity index (χ4v) is 6.05. The Kier molecular flexibility index (Phi) is 8.12. The van der Waals surface area contributed by atoms with E-state index in [0.29, 0.717) is 52.6 Å². The maximum absolute atomic E-state index is 14.0. The molecule has 0 radical (unpaired) electrons. The molecule has 0 aromatic heterocycles. The van der Waals surface area contributed by atoms with Gasteiger partial charge >= 0.3 is 5.97 Å². The molecule has 10 nitrogen and oxygen atoms in total. The highest BCUT2D eigenvalue weighted by atomic mass is 16.6. The number of esters is 1. The molecule has 41 heavy (non-hydrogen) atoms. The molecule has 1 saturated heterocycles. The lowest BCUT2D eigenvalue weighted by molar-refractivity contribution is -0.385. The van der Waals surface area contributed by atoms with E-state index in [1.165, 1.54) is 6.07 Å². The average molecular weight is 563 g/mol. The molecule has 0 amide bonds. The Labute approximate surface area is 238 Å². The zero-order chi connectivity index (χ0) is 29.3. The van der Waals surface area contributed by atoms with Crippen LogP contribution >= 0.6 is 0 Å². The Bertz CT molecular complexity index is 1450. The van der Waals surface area contributed by atoms with Gasteiger partial charge in [0.15, 0.2) is 5.78 Å². The molecule has 3 aliphatic rings. The molecule has 5 rings (SSSR count). The van der Waals surface area contributed by atoms with Crippen molar-refractivity contribution >= 4 is 17.4 Å². The number of nitrogens with one attached hydrogen (secondary N) is 1. The van der Waals surface area contributed by atoms with E-state index in [4.69, 9.17) is 18.9 Å². The number of allylic oxidation sites excluding steroid dienone is 3. The number of benzene rings is 2. The molecule has 0 spiro atoms. The van der Waals surface area contributed by atoms with Crippen molar-refractivity contribution in [2.45, 2.75) is 57.5 Å². The summed E-state index contributed by atoms with van der Waals surface area (Å²) in [5.74, 6) is -0.439. The van der Waals surface area contributed by atoms with Crippen molar-refractivity contribution in [3.8, 4) is 11.5 Å². The first-order chi connectivity index (χ1) is 19.7. The van der Waals surface area contributed by atoms with Crippen LogP contribution in [0.4, 0.5) is 5.69 Å². The van der Waals surface area contributed by atoms with E-state index < -0.39 is 16.8 Å². The minimum atomic E-state index is -0.816. The van der Waals surface area contributed by atoms with Crippen LogP contribution in [0, 0.1) is 17.0 Å². The van der Waals surface area contributed by atoms with Crippen LogP contribution in [0.3, 0.4) is 0 Å². The molecule has 10 heteroatoms. The van der Waals surface area contributed by atoms with E-state index in [2.05, 4.69) is 5.32 Å². The topological polar surface area (TPSA) is 126 Å².